The third-order valence-electron chi connectivity index (χ3n) is 10.5. The van der Waals surface area contributed by atoms with Crippen molar-refractivity contribution in [1.82, 2.24) is 4.98 Å². The van der Waals surface area contributed by atoms with Crippen LogP contribution in [0.1, 0.15) is 82.5 Å². The smallest absolute Gasteiger partial charge is 0.397 e. The molecular weight excluding hydrogens is 482 g/mol. The third-order valence-corrected chi connectivity index (χ3v) is 11.0. The van der Waals surface area contributed by atoms with Crippen LogP contribution < -0.4 is 0 Å². The van der Waals surface area contributed by atoms with Gasteiger partial charge in [-0.3, -0.25) is 14.3 Å². The Bertz CT molecular complexity index is 1120. The van der Waals surface area contributed by atoms with Crippen LogP contribution in [-0.4, -0.2) is 41.9 Å². The second-order valence-electron chi connectivity index (χ2n) is 12.1. The van der Waals surface area contributed by atoms with Gasteiger partial charge in [0.15, 0.2) is 0 Å². The summed E-state index contributed by atoms with van der Waals surface area (Å²) in [4.78, 5) is 29.8. The normalized spacial score (nSPS) is 42.1. The number of nitrogens with zero attached hydrogens (tertiary/aromatic N) is 1. The first-order valence-corrected chi connectivity index (χ1v) is 14.6. The predicted octanol–water partition coefficient (Wildman–Crippen LogP) is 4.65. The Hall–Kier alpha value is -1.84. The van der Waals surface area contributed by atoms with Crippen molar-refractivity contribution in [2.75, 3.05) is 0 Å². The van der Waals surface area contributed by atoms with Gasteiger partial charge < -0.3 is 4.74 Å². The molecule has 1 aromatic heterocycles. The number of hydrogen-bond donors (Lipinski definition) is 1. The van der Waals surface area contributed by atoms with E-state index in [1.54, 1.807) is 25.3 Å². The predicted molar refractivity (Wildman–Crippen MR) is 131 cm³/mol. The van der Waals surface area contributed by atoms with E-state index >= 15 is 0 Å². The Labute approximate surface area is 213 Å². The molecular formula is C27H37NO7S. The molecule has 0 radical (unpaired) electrons. The van der Waals surface area contributed by atoms with Crippen molar-refractivity contribution in [2.24, 2.45) is 40.4 Å². The first kappa shape index (κ1) is 25.8. The van der Waals surface area contributed by atoms with Crippen LogP contribution in [-0.2, 0) is 24.1 Å². The largest absolute Gasteiger partial charge is 0.458 e. The number of esters is 1. The molecule has 9 atom stereocenters. The van der Waals surface area contributed by atoms with Gasteiger partial charge in [0.25, 0.3) is 0 Å². The standard InChI is InChI=1S/C27H37NO7S/c1-16(29)20-6-7-21-24-22(9-11-27(20,21)3)26(2)10-8-19(35-36(31,32)33)13-18(26)14-23(24)34-25(30)17-5-4-12-28-15-17/h4-5,12,15,18-24H,6-11,13-14H2,1-3H3,(H,31,32,33)/t18-,19-,20-,21+,22+,23-,24+,26+,27-/m1/s1. The molecule has 0 saturated heterocycles. The van der Waals surface area contributed by atoms with Gasteiger partial charge in [-0.05, 0) is 99.0 Å². The summed E-state index contributed by atoms with van der Waals surface area (Å²) >= 11 is 0. The lowest BCUT2D eigenvalue weighted by atomic mass is 9.44. The van der Waals surface area contributed by atoms with Crippen molar-refractivity contribution >= 4 is 22.2 Å². The minimum atomic E-state index is -4.53. The lowest BCUT2D eigenvalue weighted by Crippen LogP contribution is -2.59. The summed E-state index contributed by atoms with van der Waals surface area (Å²) in [6.07, 6.45) is 8.46. The van der Waals surface area contributed by atoms with Crippen LogP contribution in [0.5, 0.6) is 0 Å². The van der Waals surface area contributed by atoms with Gasteiger partial charge in [0, 0.05) is 24.2 Å². The Balaban J connectivity index is 1.48. The lowest BCUT2D eigenvalue weighted by Gasteiger charge is -2.62. The molecule has 8 nitrogen and oxygen atoms in total. The Kier molecular flexibility index (Phi) is 6.57. The van der Waals surface area contributed by atoms with Gasteiger partial charge in [-0.25, -0.2) is 8.98 Å². The van der Waals surface area contributed by atoms with E-state index < -0.39 is 22.5 Å². The fourth-order valence-electron chi connectivity index (χ4n) is 8.90. The van der Waals surface area contributed by atoms with Gasteiger partial charge in [0.2, 0.25) is 0 Å². The molecule has 0 unspecified atom stereocenters. The highest BCUT2D eigenvalue weighted by molar-refractivity contribution is 7.80. The number of ether oxygens (including phenoxy) is 1. The van der Waals surface area contributed by atoms with Gasteiger partial charge in [-0.2, -0.15) is 8.42 Å². The Morgan fingerprint density at radius 2 is 1.78 bits per heavy atom. The highest BCUT2D eigenvalue weighted by atomic mass is 32.3. The molecule has 0 aliphatic heterocycles. The van der Waals surface area contributed by atoms with E-state index in [-0.39, 0.29) is 40.5 Å². The zero-order valence-electron chi connectivity index (χ0n) is 21.3. The third kappa shape index (κ3) is 4.41. The molecule has 0 amide bonds. The summed E-state index contributed by atoms with van der Waals surface area (Å²) < 4.78 is 43.3. The molecule has 1 aromatic rings. The fraction of sp³-hybridized carbons (Fsp3) is 0.741. The summed E-state index contributed by atoms with van der Waals surface area (Å²) in [5, 5.41) is 0. The number of ketones is 1. The van der Waals surface area contributed by atoms with Gasteiger partial charge in [-0.1, -0.05) is 13.8 Å². The van der Waals surface area contributed by atoms with E-state index in [0.29, 0.717) is 36.7 Å². The van der Waals surface area contributed by atoms with Crippen LogP contribution in [0.15, 0.2) is 24.5 Å². The highest BCUT2D eigenvalue weighted by Crippen LogP contribution is 2.68. The molecule has 4 saturated carbocycles. The number of carbonyl (C=O) groups is 2. The molecule has 36 heavy (non-hydrogen) atoms. The topological polar surface area (TPSA) is 120 Å². The molecule has 0 aromatic carbocycles. The second kappa shape index (κ2) is 9.17. The molecule has 0 spiro atoms. The number of pyridine rings is 1. The minimum Gasteiger partial charge on any atom is -0.458 e. The number of fused-ring (bicyclic) bond motifs is 5. The van der Waals surface area contributed by atoms with Gasteiger partial charge in [0.1, 0.15) is 11.9 Å². The summed E-state index contributed by atoms with van der Waals surface area (Å²) in [5.74, 6) is 0.743. The molecule has 0 bridgehead atoms. The monoisotopic (exact) mass is 519 g/mol. The maximum atomic E-state index is 13.2. The molecule has 1 heterocycles. The van der Waals surface area contributed by atoms with Crippen molar-refractivity contribution < 1.29 is 31.5 Å². The molecule has 4 aliphatic rings. The van der Waals surface area contributed by atoms with E-state index in [1.165, 1.54) is 6.20 Å². The average Bonchev–Trinajstić information content (AvgIpc) is 3.17. The molecule has 5 rings (SSSR count). The van der Waals surface area contributed by atoms with E-state index in [4.69, 9.17) is 8.92 Å². The van der Waals surface area contributed by atoms with Crippen molar-refractivity contribution in [2.45, 2.75) is 84.3 Å². The number of hydrogen-bond acceptors (Lipinski definition) is 7. The van der Waals surface area contributed by atoms with Crippen molar-refractivity contribution in [3.63, 3.8) is 0 Å². The molecule has 4 aliphatic carbocycles. The average molecular weight is 520 g/mol. The summed E-state index contributed by atoms with van der Waals surface area (Å²) in [7, 11) is -4.53. The number of carbonyl (C=O) groups excluding carboxylic acids is 2. The Morgan fingerprint density at radius 3 is 2.44 bits per heavy atom. The van der Waals surface area contributed by atoms with Crippen LogP contribution in [0.3, 0.4) is 0 Å². The van der Waals surface area contributed by atoms with E-state index in [1.807, 2.05) is 0 Å². The number of rotatable bonds is 5. The van der Waals surface area contributed by atoms with E-state index in [9.17, 15) is 22.6 Å². The zero-order valence-corrected chi connectivity index (χ0v) is 22.1. The van der Waals surface area contributed by atoms with Crippen molar-refractivity contribution in [1.29, 1.82) is 0 Å². The zero-order chi connectivity index (χ0) is 25.9. The van der Waals surface area contributed by atoms with Crippen LogP contribution in [0.2, 0.25) is 0 Å². The van der Waals surface area contributed by atoms with Crippen LogP contribution >= 0.6 is 0 Å². The minimum absolute atomic E-state index is 0.0440. The van der Waals surface area contributed by atoms with Crippen molar-refractivity contribution in [3.05, 3.63) is 30.1 Å². The SMILES string of the molecule is CC(=O)[C@H]1CC[C@H]2[C@@H]3[C@H](OC(=O)c4cccnc4)C[C@H]4C[C@H](OS(=O)(=O)O)CC[C@]4(C)[C@H]3CC[C@]12C. The summed E-state index contributed by atoms with van der Waals surface area (Å²) in [5.41, 5.74) is 0.266. The van der Waals surface area contributed by atoms with Crippen LogP contribution in [0, 0.1) is 40.4 Å². The van der Waals surface area contributed by atoms with Gasteiger partial charge in [-0.15, -0.1) is 0 Å². The van der Waals surface area contributed by atoms with Crippen LogP contribution in [0.4, 0.5) is 0 Å². The maximum Gasteiger partial charge on any atom is 0.397 e. The van der Waals surface area contributed by atoms with Crippen molar-refractivity contribution in [3.8, 4) is 0 Å². The first-order valence-electron chi connectivity index (χ1n) is 13.2. The quantitative estimate of drug-likeness (QED) is 0.441. The van der Waals surface area contributed by atoms with Crippen LogP contribution in [0.25, 0.3) is 0 Å². The number of aromatic nitrogens is 1. The molecule has 4 fully saturated rings. The summed E-state index contributed by atoms with van der Waals surface area (Å²) in [6.45, 7) is 6.27. The highest BCUT2D eigenvalue weighted by Gasteiger charge is 2.64. The maximum absolute atomic E-state index is 13.2. The van der Waals surface area contributed by atoms with Gasteiger partial charge in [0.05, 0.1) is 11.7 Å². The fourth-order valence-corrected chi connectivity index (χ4v) is 9.42. The van der Waals surface area contributed by atoms with Gasteiger partial charge >= 0.3 is 16.4 Å². The number of Topliss-reactive ketones (excluding diaryl/α,β-unsaturated/α-hetero) is 1. The lowest BCUT2D eigenvalue weighted by molar-refractivity contribution is -0.173. The Morgan fingerprint density at radius 1 is 1.06 bits per heavy atom. The summed E-state index contributed by atoms with van der Waals surface area (Å²) in [6, 6.07) is 3.41. The molecule has 9 heteroatoms. The first-order chi connectivity index (χ1) is 16.9. The molecule has 198 valence electrons. The molecule has 1 N–H and O–H groups in total. The van der Waals surface area contributed by atoms with E-state index in [2.05, 4.69) is 18.8 Å². The van der Waals surface area contributed by atoms with E-state index in [0.717, 1.165) is 32.1 Å². The second-order valence-corrected chi connectivity index (χ2v) is 13.2.